The van der Waals surface area contributed by atoms with E-state index in [0.717, 1.165) is 4.47 Å². The Balaban J connectivity index is 0. The molecule has 0 aliphatic carbocycles. The molecule has 2 aromatic carbocycles. The Morgan fingerprint density at radius 2 is 1.94 bits per heavy atom. The van der Waals surface area contributed by atoms with Crippen LogP contribution < -0.4 is 37.5 Å². The number of fused-ring (bicyclic) bond motifs is 1. The van der Waals surface area contributed by atoms with Gasteiger partial charge in [0.2, 0.25) is 0 Å². The molecule has 0 atom stereocenters. The second-order valence-electron chi connectivity index (χ2n) is 5.45. The van der Waals surface area contributed by atoms with Crippen LogP contribution in [-0.4, -0.2) is 56.7 Å². The molecule has 0 saturated carbocycles. The van der Waals surface area contributed by atoms with Crippen molar-refractivity contribution in [2.24, 2.45) is 5.73 Å². The first-order valence-corrected chi connectivity index (χ1v) is 18.4. The number of para-hydroxylation sites is 1. The van der Waals surface area contributed by atoms with E-state index in [0.29, 0.717) is 48.9 Å². The summed E-state index contributed by atoms with van der Waals surface area (Å²) in [6.45, 7) is 1.89. The van der Waals surface area contributed by atoms with Crippen LogP contribution in [0.5, 0.6) is 11.5 Å². The van der Waals surface area contributed by atoms with Crippen LogP contribution in [0.4, 0.5) is 0 Å². The first-order chi connectivity index (χ1) is 15.5. The zero-order valence-corrected chi connectivity index (χ0v) is 26.4. The van der Waals surface area contributed by atoms with Gasteiger partial charge in [-0.1, -0.05) is 28.1 Å². The van der Waals surface area contributed by atoms with Gasteiger partial charge >= 0.3 is 47.3 Å². The van der Waals surface area contributed by atoms with Gasteiger partial charge in [0.25, 0.3) is 5.91 Å². The fourth-order valence-electron chi connectivity index (χ4n) is 2.27. The Kier molecular flexibility index (Phi) is 24.0. The van der Waals surface area contributed by atoms with E-state index in [-0.39, 0.29) is 35.3 Å². The van der Waals surface area contributed by atoms with Crippen molar-refractivity contribution in [3.8, 4) is 11.5 Å². The van der Waals surface area contributed by atoms with Crippen molar-refractivity contribution in [3.05, 3.63) is 58.1 Å². The number of hydrogen-bond donors (Lipinski definition) is 2. The van der Waals surface area contributed by atoms with Crippen LogP contribution in [0.1, 0.15) is 20.7 Å². The molecule has 0 saturated heterocycles. The summed E-state index contributed by atoms with van der Waals surface area (Å²) in [5, 5.41) is 2.74. The van der Waals surface area contributed by atoms with Gasteiger partial charge in [-0.3, -0.25) is 4.79 Å². The number of rotatable bonds is 4. The molecule has 1 heterocycles. The number of benzene rings is 2. The van der Waals surface area contributed by atoms with Crippen LogP contribution in [0.3, 0.4) is 0 Å². The molecule has 1 aliphatic heterocycles. The average molecular weight is 876 g/mol. The maximum atomic E-state index is 11.4. The fraction of sp³-hybridized carbons (Fsp3) is 0.263. The second kappa shape index (κ2) is 22.5. The Bertz CT molecular complexity index is 844. The van der Waals surface area contributed by atoms with Gasteiger partial charge in [0.15, 0.2) is 5.70 Å². The van der Waals surface area contributed by atoms with Crippen molar-refractivity contribution in [1.82, 2.24) is 5.32 Å². The summed E-state index contributed by atoms with van der Waals surface area (Å²) < 4.78 is 16.1. The minimum absolute atomic E-state index is 0. The Labute approximate surface area is 244 Å². The fourth-order valence-corrected chi connectivity index (χ4v) is 2.63. The number of nitrogens with one attached hydrogen (secondary N) is 1. The third-order valence-electron chi connectivity index (χ3n) is 3.50. The molecule has 4 radical (unpaired) electrons. The van der Waals surface area contributed by atoms with Gasteiger partial charge in [-0.15, -0.1) is 12.4 Å². The summed E-state index contributed by atoms with van der Waals surface area (Å²) >= 11 is 7.16. The summed E-state index contributed by atoms with van der Waals surface area (Å²) in [5.74, 6) is 0.675. The van der Waals surface area contributed by atoms with Gasteiger partial charge in [-0.05, 0) is 30.3 Å². The van der Waals surface area contributed by atoms with Gasteiger partial charge < -0.3 is 25.3 Å². The molecular weight excluding hydrogens is 854 g/mol. The number of carbonyl (C=O) groups is 2. The number of ether oxygens (including phenoxy) is 3. The predicted octanol–water partition coefficient (Wildman–Crippen LogP) is 0.818. The molecule has 0 aromatic heterocycles. The molecule has 2 aromatic rings. The Morgan fingerprint density at radius 1 is 1.30 bits per heavy atom. The van der Waals surface area contributed by atoms with Crippen molar-refractivity contribution in [1.29, 1.82) is 0 Å². The molecular formula is C19H22B2BrClI3N2O5-. The number of methoxy groups -OCH3 is 1. The van der Waals surface area contributed by atoms with E-state index in [1.54, 1.807) is 52.7 Å². The number of halogens is 5. The molecule has 33 heavy (non-hydrogen) atoms. The van der Waals surface area contributed by atoms with Crippen molar-refractivity contribution in [3.63, 3.8) is 0 Å². The van der Waals surface area contributed by atoms with E-state index in [1.807, 2.05) is 12.1 Å². The van der Waals surface area contributed by atoms with Crippen molar-refractivity contribution in [2.45, 2.75) is 0 Å². The topological polar surface area (TPSA) is 99.9 Å². The zero-order valence-electron chi connectivity index (χ0n) is 17.6. The average Bonchev–Trinajstić information content (AvgIpc) is 3.01. The quantitative estimate of drug-likeness (QED) is 0.269. The molecule has 7 nitrogen and oxygen atoms in total. The van der Waals surface area contributed by atoms with Crippen molar-refractivity contribution >= 4 is 92.6 Å². The summed E-state index contributed by atoms with van der Waals surface area (Å²) in [7, 11) is 1.33. The summed E-state index contributed by atoms with van der Waals surface area (Å²) in [5.41, 5.74) is 15.7. The molecule has 3 rings (SSSR count). The summed E-state index contributed by atoms with van der Waals surface area (Å²) in [6.07, 6.45) is 0. The van der Waals surface area contributed by atoms with Crippen LogP contribution >= 0.6 is 69.3 Å². The summed E-state index contributed by atoms with van der Waals surface area (Å²) in [4.78, 5) is 22.7. The van der Waals surface area contributed by atoms with Gasteiger partial charge in [0.05, 0.1) is 19.2 Å². The van der Waals surface area contributed by atoms with Gasteiger partial charge in [0.1, 0.15) is 30.3 Å². The second-order valence-corrected chi connectivity index (χ2v) is 10.00. The molecule has 3 N–H and O–H groups in total. The van der Waals surface area contributed by atoms with Crippen LogP contribution in [0.2, 0.25) is 0 Å². The SMILES string of the molecule is COC(=O)c1cc(Br)ccc1OCCN.Cl.O=C1NCCOc2ccccc21.[B]I.[B][I-]I. The Hall–Kier alpha value is 0.0299. The molecule has 0 spiro atoms. The number of esters is 1. The number of amides is 1. The maximum absolute atomic E-state index is 11.4. The first-order valence-electron chi connectivity index (χ1n) is 8.85. The van der Waals surface area contributed by atoms with E-state index in [2.05, 4.69) is 50.3 Å². The third kappa shape index (κ3) is 14.2. The number of nitrogens with two attached hydrogens (primary N) is 1. The Morgan fingerprint density at radius 3 is 2.55 bits per heavy atom. The molecule has 1 amide bonds. The molecule has 0 fully saturated rings. The van der Waals surface area contributed by atoms with Crippen LogP contribution in [0.15, 0.2) is 46.9 Å². The van der Waals surface area contributed by atoms with Crippen LogP contribution in [0.25, 0.3) is 0 Å². The van der Waals surface area contributed by atoms with Crippen LogP contribution in [0, 0.1) is 0 Å². The molecule has 1 aliphatic rings. The van der Waals surface area contributed by atoms with Crippen molar-refractivity contribution in [2.75, 3.05) is 33.4 Å². The van der Waals surface area contributed by atoms with Crippen molar-refractivity contribution < 1.29 is 40.8 Å². The number of carbonyl (C=O) groups excluding carboxylic acids is 2. The summed E-state index contributed by atoms with van der Waals surface area (Å²) in [6, 6.07) is 12.4. The van der Waals surface area contributed by atoms with Crippen LogP contribution in [-0.2, 0) is 4.74 Å². The predicted molar refractivity (Wildman–Crippen MR) is 151 cm³/mol. The first kappa shape index (κ1) is 35.2. The standard InChI is InChI=1S/C10H12BrNO3.C9H9NO2.BI2.BI.ClH/c1-14-10(13)8-6-7(11)2-3-9(8)15-5-4-12;11-9-7-3-1-2-4-8(7)12-6-5-10-9;1-3-2;1-2;/h2-3,6H,4-5,12H2,1H3;1-4H,5-6H2,(H,10,11);;;1H/q;;-1;;. The molecule has 14 heteroatoms. The molecule has 0 unspecified atom stereocenters. The van der Waals surface area contributed by atoms with E-state index < -0.39 is 5.97 Å². The van der Waals surface area contributed by atoms with Gasteiger partial charge in [-0.2, -0.15) is 22.4 Å². The van der Waals surface area contributed by atoms with Gasteiger partial charge in [-0.25, -0.2) is 4.79 Å². The molecule has 0 bridgehead atoms. The minimum atomic E-state index is -0.427. The zero-order chi connectivity index (χ0) is 24.4. The third-order valence-corrected chi connectivity index (χ3v) is 3.99. The number of hydrogen-bond acceptors (Lipinski definition) is 6. The normalized spacial score (nSPS) is 10.9. The van der Waals surface area contributed by atoms with E-state index in [4.69, 9.17) is 20.9 Å². The van der Waals surface area contributed by atoms with E-state index >= 15 is 0 Å². The van der Waals surface area contributed by atoms with E-state index in [1.165, 1.54) is 7.11 Å². The van der Waals surface area contributed by atoms with E-state index in [9.17, 15) is 9.59 Å². The monoisotopic (exact) mass is 875 g/mol. The van der Waals surface area contributed by atoms with Gasteiger partial charge in [0, 0.05) is 11.0 Å². The molecule has 180 valence electrons.